The van der Waals surface area contributed by atoms with Gasteiger partial charge in [-0.05, 0) is 0 Å². The molecule has 1 saturated heterocycles. The molecule has 5 nitrogen and oxygen atoms in total. The molecule has 1 atom stereocenters. The molecule has 13 heavy (non-hydrogen) atoms. The number of aliphatic hydroxyl groups excluding tert-OH is 1. The second-order valence-corrected chi connectivity index (χ2v) is 2.80. The van der Waals surface area contributed by atoms with E-state index in [4.69, 9.17) is 14.9 Å². The Morgan fingerprint density at radius 3 is 3.08 bits per heavy atom. The predicted octanol–water partition coefficient (Wildman–Crippen LogP) is -0.722. The molecule has 1 aliphatic rings. The van der Waals surface area contributed by atoms with Crippen molar-refractivity contribution in [2.75, 3.05) is 26.4 Å². The van der Waals surface area contributed by atoms with E-state index in [0.717, 1.165) is 6.08 Å². The fourth-order valence-corrected chi connectivity index (χ4v) is 1.18. The van der Waals surface area contributed by atoms with Crippen molar-refractivity contribution in [1.29, 1.82) is 0 Å². The molecular formula is C8H13NO4. The maximum absolute atomic E-state index is 10.2. The fraction of sp³-hybridized carbons (Fsp3) is 0.625. The second-order valence-electron chi connectivity index (χ2n) is 2.80. The maximum Gasteiger partial charge on any atom is 0.329 e. The largest absolute Gasteiger partial charge is 0.478 e. The van der Waals surface area contributed by atoms with Gasteiger partial charge in [0.2, 0.25) is 0 Å². The van der Waals surface area contributed by atoms with Gasteiger partial charge < -0.3 is 19.8 Å². The molecule has 1 fully saturated rings. The normalized spacial score (nSPS) is 23.8. The van der Waals surface area contributed by atoms with E-state index in [1.54, 1.807) is 4.90 Å². The van der Waals surface area contributed by atoms with Gasteiger partial charge in [-0.3, -0.25) is 0 Å². The monoisotopic (exact) mass is 187 g/mol. The number of carboxylic acids is 1. The van der Waals surface area contributed by atoms with Crippen LogP contribution in [0.2, 0.25) is 0 Å². The van der Waals surface area contributed by atoms with Crippen LogP contribution in [0, 0.1) is 0 Å². The first-order valence-corrected chi connectivity index (χ1v) is 4.09. The van der Waals surface area contributed by atoms with Crippen LogP contribution in [0.15, 0.2) is 12.3 Å². The molecule has 2 N–H and O–H groups in total. The Kier molecular flexibility index (Phi) is 3.72. The number of carbonyl (C=O) groups is 1. The molecule has 0 aromatic heterocycles. The molecule has 1 aliphatic heterocycles. The highest BCUT2D eigenvalue weighted by atomic mass is 16.5. The first-order chi connectivity index (χ1) is 6.24. The van der Waals surface area contributed by atoms with Crippen LogP contribution < -0.4 is 0 Å². The van der Waals surface area contributed by atoms with E-state index in [0.29, 0.717) is 19.8 Å². The zero-order chi connectivity index (χ0) is 9.68. The van der Waals surface area contributed by atoms with Gasteiger partial charge in [0.25, 0.3) is 0 Å². The van der Waals surface area contributed by atoms with Crippen molar-refractivity contribution >= 4 is 5.97 Å². The van der Waals surface area contributed by atoms with Crippen molar-refractivity contribution in [2.45, 2.75) is 6.04 Å². The summed E-state index contributed by atoms with van der Waals surface area (Å²) in [4.78, 5) is 12.0. The average molecular weight is 187 g/mol. The molecule has 0 aliphatic carbocycles. The molecule has 0 radical (unpaired) electrons. The number of aliphatic carboxylic acids is 1. The summed E-state index contributed by atoms with van der Waals surface area (Å²) < 4.78 is 5.13. The number of morpholine rings is 1. The fourth-order valence-electron chi connectivity index (χ4n) is 1.18. The zero-order valence-corrected chi connectivity index (χ0v) is 7.22. The molecule has 0 aromatic rings. The molecule has 0 saturated carbocycles. The minimum Gasteiger partial charge on any atom is -0.478 e. The number of hydrogen-bond acceptors (Lipinski definition) is 4. The molecule has 1 unspecified atom stereocenters. The number of ether oxygens (including phenoxy) is 1. The van der Waals surface area contributed by atoms with Gasteiger partial charge in [0.1, 0.15) is 0 Å². The van der Waals surface area contributed by atoms with Gasteiger partial charge >= 0.3 is 5.97 Å². The molecule has 74 valence electrons. The van der Waals surface area contributed by atoms with E-state index in [1.165, 1.54) is 6.20 Å². The highest BCUT2D eigenvalue weighted by Gasteiger charge is 2.18. The second kappa shape index (κ2) is 4.84. The van der Waals surface area contributed by atoms with E-state index in [-0.39, 0.29) is 12.6 Å². The molecule has 0 bridgehead atoms. The van der Waals surface area contributed by atoms with Crippen LogP contribution in [-0.2, 0) is 9.53 Å². The van der Waals surface area contributed by atoms with Crippen LogP contribution in [0.4, 0.5) is 0 Å². The molecule has 0 amide bonds. The van der Waals surface area contributed by atoms with Crippen molar-refractivity contribution in [3.63, 3.8) is 0 Å². The lowest BCUT2D eigenvalue weighted by Gasteiger charge is -2.33. The Labute approximate surface area is 76.2 Å². The highest BCUT2D eigenvalue weighted by Crippen LogP contribution is 2.06. The molecule has 1 rings (SSSR count). The van der Waals surface area contributed by atoms with Crippen molar-refractivity contribution in [3.8, 4) is 0 Å². The van der Waals surface area contributed by atoms with E-state index < -0.39 is 5.97 Å². The van der Waals surface area contributed by atoms with Gasteiger partial charge in [-0.15, -0.1) is 0 Å². The Morgan fingerprint density at radius 1 is 1.69 bits per heavy atom. The van der Waals surface area contributed by atoms with E-state index in [9.17, 15) is 4.79 Å². The number of hydrogen-bond donors (Lipinski definition) is 2. The summed E-state index contributed by atoms with van der Waals surface area (Å²) in [5.41, 5.74) is 0. The van der Waals surface area contributed by atoms with Crippen molar-refractivity contribution in [3.05, 3.63) is 12.3 Å². The molecule has 0 spiro atoms. The summed E-state index contributed by atoms with van der Waals surface area (Å²) in [5, 5.41) is 17.3. The van der Waals surface area contributed by atoms with Gasteiger partial charge in [-0.25, -0.2) is 4.79 Å². The van der Waals surface area contributed by atoms with Crippen LogP contribution in [0.1, 0.15) is 0 Å². The summed E-state index contributed by atoms with van der Waals surface area (Å²) in [7, 11) is 0. The Hall–Kier alpha value is -1.07. The number of aliphatic hydroxyl groups is 1. The van der Waals surface area contributed by atoms with Crippen LogP contribution in [0.25, 0.3) is 0 Å². The van der Waals surface area contributed by atoms with Crippen LogP contribution >= 0.6 is 0 Å². The lowest BCUT2D eigenvalue weighted by molar-refractivity contribution is -0.131. The lowest BCUT2D eigenvalue weighted by Crippen LogP contribution is -2.44. The highest BCUT2D eigenvalue weighted by molar-refractivity contribution is 5.79. The molecule has 5 heteroatoms. The van der Waals surface area contributed by atoms with E-state index >= 15 is 0 Å². The number of carboxylic acid groups (broad SMARTS) is 1. The Morgan fingerprint density at radius 2 is 2.46 bits per heavy atom. The van der Waals surface area contributed by atoms with E-state index in [2.05, 4.69) is 0 Å². The Balaban J connectivity index is 2.49. The first-order valence-electron chi connectivity index (χ1n) is 4.09. The molecule has 0 aromatic carbocycles. The first kappa shape index (κ1) is 10.0. The third kappa shape index (κ3) is 3.04. The zero-order valence-electron chi connectivity index (χ0n) is 7.22. The quantitative estimate of drug-likeness (QED) is 0.570. The standard InChI is InChI=1S/C8H13NO4/c10-5-7-6-13-4-3-9(7)2-1-8(11)12/h1-2,7,10H,3-6H2,(H,11,12)/b2-1+. The van der Waals surface area contributed by atoms with Gasteiger partial charge in [-0.2, -0.15) is 0 Å². The van der Waals surface area contributed by atoms with Crippen molar-refractivity contribution in [1.82, 2.24) is 4.90 Å². The molecular weight excluding hydrogens is 174 g/mol. The smallest absolute Gasteiger partial charge is 0.329 e. The van der Waals surface area contributed by atoms with E-state index in [1.807, 2.05) is 0 Å². The summed E-state index contributed by atoms with van der Waals surface area (Å²) in [6.45, 7) is 1.61. The predicted molar refractivity (Wildman–Crippen MR) is 45.2 cm³/mol. The summed E-state index contributed by atoms with van der Waals surface area (Å²) in [6, 6.07) is -0.121. The SMILES string of the molecule is O=C(O)/C=C/N1CCOCC1CO. The summed E-state index contributed by atoms with van der Waals surface area (Å²) in [6.07, 6.45) is 2.54. The van der Waals surface area contributed by atoms with Gasteiger partial charge in [0, 0.05) is 18.8 Å². The average Bonchev–Trinajstić information content (AvgIpc) is 2.15. The minimum atomic E-state index is -0.983. The summed E-state index contributed by atoms with van der Waals surface area (Å²) >= 11 is 0. The van der Waals surface area contributed by atoms with Crippen molar-refractivity contribution in [2.24, 2.45) is 0 Å². The van der Waals surface area contributed by atoms with Gasteiger partial charge in [-0.1, -0.05) is 0 Å². The maximum atomic E-state index is 10.2. The summed E-state index contributed by atoms with van der Waals surface area (Å²) in [5.74, 6) is -0.983. The Bertz CT molecular complexity index is 204. The third-order valence-corrected chi connectivity index (χ3v) is 1.89. The number of rotatable bonds is 3. The molecule has 1 heterocycles. The number of nitrogens with zero attached hydrogens (tertiary/aromatic N) is 1. The van der Waals surface area contributed by atoms with Gasteiger partial charge in [0.05, 0.1) is 25.9 Å². The third-order valence-electron chi connectivity index (χ3n) is 1.89. The van der Waals surface area contributed by atoms with Crippen LogP contribution in [-0.4, -0.2) is 53.5 Å². The van der Waals surface area contributed by atoms with Crippen LogP contribution in [0.3, 0.4) is 0 Å². The van der Waals surface area contributed by atoms with Crippen LogP contribution in [0.5, 0.6) is 0 Å². The minimum absolute atomic E-state index is 0.0239. The topological polar surface area (TPSA) is 70.0 Å². The van der Waals surface area contributed by atoms with Crippen molar-refractivity contribution < 1.29 is 19.7 Å². The lowest BCUT2D eigenvalue weighted by atomic mass is 10.2. The van der Waals surface area contributed by atoms with Gasteiger partial charge in [0.15, 0.2) is 0 Å².